The molecule has 0 fully saturated rings. The third-order valence-corrected chi connectivity index (χ3v) is 3.92. The largest absolute Gasteiger partial charge is 0.382 e. The van der Waals surface area contributed by atoms with E-state index in [4.69, 9.17) is 11.1 Å². The molecular weight excluding hydrogens is 240 g/mol. The number of nitrogens with one attached hydrogen (secondary N) is 1. The highest BCUT2D eigenvalue weighted by atomic mass is 32.2. The number of pyridine rings is 1. The molecule has 2 aromatic heterocycles. The first-order chi connectivity index (χ1) is 7.77. The fourth-order valence-corrected chi connectivity index (χ4v) is 2.84. The summed E-state index contributed by atoms with van der Waals surface area (Å²) in [6, 6.07) is 3.79. The Labute approximate surface area is 101 Å². The Hall–Kier alpha value is -1.40. The number of thiazole rings is 1. The van der Waals surface area contributed by atoms with Gasteiger partial charge in [-0.05, 0) is 11.6 Å². The van der Waals surface area contributed by atoms with E-state index in [9.17, 15) is 0 Å². The molecule has 16 heavy (non-hydrogen) atoms. The van der Waals surface area contributed by atoms with E-state index in [1.807, 2.05) is 17.5 Å². The SMILES string of the molecule is N=C(N)c1ncccc1CSc1nccs1. The molecule has 0 saturated carbocycles. The summed E-state index contributed by atoms with van der Waals surface area (Å²) in [4.78, 5) is 8.28. The van der Waals surface area contributed by atoms with Crippen LogP contribution in [-0.4, -0.2) is 15.8 Å². The van der Waals surface area contributed by atoms with E-state index >= 15 is 0 Å². The van der Waals surface area contributed by atoms with Gasteiger partial charge in [0.1, 0.15) is 15.9 Å². The summed E-state index contributed by atoms with van der Waals surface area (Å²) in [5.74, 6) is 0.742. The number of hydrogen-bond acceptors (Lipinski definition) is 5. The van der Waals surface area contributed by atoms with Crippen LogP contribution in [0.15, 0.2) is 34.2 Å². The van der Waals surface area contributed by atoms with Crippen LogP contribution in [-0.2, 0) is 5.75 Å². The molecule has 0 aliphatic carbocycles. The van der Waals surface area contributed by atoms with Crippen molar-refractivity contribution in [2.45, 2.75) is 10.1 Å². The molecule has 0 spiro atoms. The van der Waals surface area contributed by atoms with Gasteiger partial charge in [-0.3, -0.25) is 10.4 Å². The van der Waals surface area contributed by atoms with Crippen molar-refractivity contribution in [3.05, 3.63) is 41.2 Å². The molecule has 0 aliphatic rings. The molecule has 2 aromatic rings. The predicted octanol–water partition coefficient (Wildman–Crippen LogP) is 2.11. The summed E-state index contributed by atoms with van der Waals surface area (Å²) >= 11 is 3.23. The second-order valence-electron chi connectivity index (χ2n) is 3.01. The lowest BCUT2D eigenvalue weighted by atomic mass is 10.2. The van der Waals surface area contributed by atoms with E-state index in [2.05, 4.69) is 9.97 Å². The molecule has 0 bridgehead atoms. The van der Waals surface area contributed by atoms with E-state index in [1.54, 1.807) is 35.5 Å². The van der Waals surface area contributed by atoms with E-state index < -0.39 is 0 Å². The van der Waals surface area contributed by atoms with E-state index in [0.29, 0.717) is 5.69 Å². The van der Waals surface area contributed by atoms with Gasteiger partial charge in [0.15, 0.2) is 0 Å². The van der Waals surface area contributed by atoms with Crippen LogP contribution in [0.25, 0.3) is 0 Å². The fourth-order valence-electron chi connectivity index (χ4n) is 1.22. The molecule has 4 nitrogen and oxygen atoms in total. The third-order valence-electron chi connectivity index (χ3n) is 1.91. The van der Waals surface area contributed by atoms with Gasteiger partial charge in [-0.25, -0.2) is 4.98 Å². The highest BCUT2D eigenvalue weighted by Crippen LogP contribution is 2.25. The second kappa shape index (κ2) is 5.09. The molecule has 2 rings (SSSR count). The highest BCUT2D eigenvalue weighted by molar-refractivity contribution is 8.00. The van der Waals surface area contributed by atoms with Crippen molar-refractivity contribution in [3.63, 3.8) is 0 Å². The molecule has 6 heteroatoms. The van der Waals surface area contributed by atoms with Crippen LogP contribution in [0.5, 0.6) is 0 Å². The molecule has 2 heterocycles. The fraction of sp³-hybridized carbons (Fsp3) is 0.100. The zero-order valence-electron chi connectivity index (χ0n) is 8.38. The van der Waals surface area contributed by atoms with Gasteiger partial charge in [0.05, 0.1) is 0 Å². The molecule has 0 unspecified atom stereocenters. The number of nitrogens with zero attached hydrogens (tertiary/aromatic N) is 2. The Morgan fingerprint density at radius 2 is 2.31 bits per heavy atom. The molecule has 0 aromatic carbocycles. The maximum atomic E-state index is 7.42. The van der Waals surface area contributed by atoms with Crippen molar-refractivity contribution < 1.29 is 0 Å². The lowest BCUT2D eigenvalue weighted by molar-refractivity contribution is 1.19. The topological polar surface area (TPSA) is 75.7 Å². The first-order valence-electron chi connectivity index (χ1n) is 4.58. The van der Waals surface area contributed by atoms with Gasteiger partial charge >= 0.3 is 0 Å². The minimum absolute atomic E-state index is 0.00957. The summed E-state index contributed by atoms with van der Waals surface area (Å²) in [6.07, 6.45) is 3.43. The number of rotatable bonds is 4. The van der Waals surface area contributed by atoms with Crippen LogP contribution in [0.3, 0.4) is 0 Å². The Balaban J connectivity index is 2.12. The van der Waals surface area contributed by atoms with Crippen molar-refractivity contribution in [1.82, 2.24) is 9.97 Å². The molecule has 0 aliphatic heterocycles. The van der Waals surface area contributed by atoms with Crippen molar-refractivity contribution in [1.29, 1.82) is 5.41 Å². The molecule has 82 valence electrons. The van der Waals surface area contributed by atoms with Gasteiger partial charge in [0.25, 0.3) is 0 Å². The van der Waals surface area contributed by atoms with Gasteiger partial charge in [-0.15, -0.1) is 11.3 Å². The Morgan fingerprint density at radius 1 is 1.44 bits per heavy atom. The average molecular weight is 250 g/mol. The van der Waals surface area contributed by atoms with Crippen molar-refractivity contribution >= 4 is 28.9 Å². The van der Waals surface area contributed by atoms with E-state index in [1.165, 1.54) is 0 Å². The summed E-state index contributed by atoms with van der Waals surface area (Å²) in [5.41, 5.74) is 6.99. The first kappa shape index (κ1) is 11.1. The highest BCUT2D eigenvalue weighted by Gasteiger charge is 2.07. The maximum Gasteiger partial charge on any atom is 0.150 e. The summed E-state index contributed by atoms with van der Waals surface area (Å²) in [6.45, 7) is 0. The number of nitrogens with two attached hydrogens (primary N) is 1. The van der Waals surface area contributed by atoms with Gasteiger partial charge in [0.2, 0.25) is 0 Å². The zero-order chi connectivity index (χ0) is 11.4. The van der Waals surface area contributed by atoms with Crippen LogP contribution >= 0.6 is 23.1 Å². The molecule has 0 saturated heterocycles. The van der Waals surface area contributed by atoms with Crippen LogP contribution in [0.1, 0.15) is 11.3 Å². The summed E-state index contributed by atoms with van der Waals surface area (Å²) < 4.78 is 1.01. The number of hydrogen-bond donors (Lipinski definition) is 2. The van der Waals surface area contributed by atoms with Crippen molar-refractivity contribution in [2.24, 2.45) is 5.73 Å². The van der Waals surface area contributed by atoms with E-state index in [0.717, 1.165) is 15.7 Å². The number of aromatic nitrogens is 2. The Morgan fingerprint density at radius 3 is 3.00 bits per heavy atom. The second-order valence-corrected chi connectivity index (χ2v) is 5.13. The molecule has 0 radical (unpaired) electrons. The standard InChI is InChI=1S/C10H10N4S2/c11-9(12)8-7(2-1-3-13-8)6-16-10-14-4-5-15-10/h1-5H,6H2,(H3,11,12). The maximum absolute atomic E-state index is 7.42. The third kappa shape index (κ3) is 2.59. The smallest absolute Gasteiger partial charge is 0.150 e. The predicted molar refractivity (Wildman–Crippen MR) is 66.9 cm³/mol. The monoisotopic (exact) mass is 250 g/mol. The summed E-state index contributed by atoms with van der Waals surface area (Å²) in [7, 11) is 0. The lowest BCUT2D eigenvalue weighted by Gasteiger charge is -2.04. The van der Waals surface area contributed by atoms with Gasteiger partial charge < -0.3 is 5.73 Å². The average Bonchev–Trinajstić information content (AvgIpc) is 2.79. The molecule has 0 atom stereocenters. The molecule has 3 N–H and O–H groups in total. The van der Waals surface area contributed by atoms with Crippen LogP contribution in [0.4, 0.5) is 0 Å². The normalized spacial score (nSPS) is 10.2. The van der Waals surface area contributed by atoms with Gasteiger partial charge in [-0.2, -0.15) is 0 Å². The number of nitrogen functional groups attached to an aromatic ring is 1. The van der Waals surface area contributed by atoms with Crippen LogP contribution < -0.4 is 5.73 Å². The summed E-state index contributed by atoms with van der Waals surface area (Å²) in [5, 5.41) is 9.36. The van der Waals surface area contributed by atoms with Crippen molar-refractivity contribution in [2.75, 3.05) is 0 Å². The van der Waals surface area contributed by atoms with Gasteiger partial charge in [-0.1, -0.05) is 17.8 Å². The van der Waals surface area contributed by atoms with E-state index in [-0.39, 0.29) is 5.84 Å². The number of thioether (sulfide) groups is 1. The minimum Gasteiger partial charge on any atom is -0.382 e. The first-order valence-corrected chi connectivity index (χ1v) is 6.44. The molecular formula is C10H10N4S2. The molecule has 0 amide bonds. The Kier molecular flexibility index (Phi) is 3.53. The minimum atomic E-state index is 0.00957. The zero-order valence-corrected chi connectivity index (χ0v) is 10.0. The van der Waals surface area contributed by atoms with Crippen LogP contribution in [0, 0.1) is 5.41 Å². The Bertz CT molecular complexity index is 481. The quantitative estimate of drug-likeness (QED) is 0.495. The van der Waals surface area contributed by atoms with Gasteiger partial charge in [0, 0.05) is 23.5 Å². The van der Waals surface area contributed by atoms with Crippen molar-refractivity contribution in [3.8, 4) is 0 Å². The number of amidine groups is 1. The van der Waals surface area contributed by atoms with Crippen LogP contribution in [0.2, 0.25) is 0 Å². The lowest BCUT2D eigenvalue weighted by Crippen LogP contribution is -2.15.